The predicted octanol–water partition coefficient (Wildman–Crippen LogP) is 2.21. The van der Waals surface area contributed by atoms with Crippen LogP contribution in [0.3, 0.4) is 0 Å². The topological polar surface area (TPSA) is 87.8 Å². The summed E-state index contributed by atoms with van der Waals surface area (Å²) >= 11 is 0. The highest BCUT2D eigenvalue weighted by molar-refractivity contribution is 6.05. The van der Waals surface area contributed by atoms with Gasteiger partial charge in [-0.25, -0.2) is 4.39 Å². The predicted molar refractivity (Wildman–Crippen MR) is 97.2 cm³/mol. The summed E-state index contributed by atoms with van der Waals surface area (Å²) in [7, 11) is 0. The Bertz CT molecular complexity index is 854. The average molecular weight is 377 g/mol. The van der Waals surface area contributed by atoms with E-state index in [2.05, 4.69) is 10.5 Å². The number of carbonyl (C=O) groups excluding carboxylic acids is 1. The van der Waals surface area contributed by atoms with Crippen molar-refractivity contribution in [2.45, 2.75) is 45.5 Å². The molecule has 146 valence electrons. The Hall–Kier alpha value is -2.19. The van der Waals surface area contributed by atoms with Gasteiger partial charge < -0.3 is 24.6 Å². The van der Waals surface area contributed by atoms with Crippen LogP contribution in [0, 0.1) is 11.7 Å². The highest BCUT2D eigenvalue weighted by Gasteiger charge is 2.30. The second-order valence-corrected chi connectivity index (χ2v) is 7.58. The van der Waals surface area contributed by atoms with Gasteiger partial charge in [0.1, 0.15) is 0 Å². The molecule has 1 aliphatic heterocycles. The lowest BCUT2D eigenvalue weighted by atomic mass is 10.0. The fraction of sp³-hybridized carbons (Fsp3) is 0.579. The molecule has 0 spiro atoms. The zero-order valence-corrected chi connectivity index (χ0v) is 15.5. The van der Waals surface area contributed by atoms with E-state index in [1.807, 2.05) is 18.7 Å². The summed E-state index contributed by atoms with van der Waals surface area (Å²) in [5.41, 5.74) is 0.675. The lowest BCUT2D eigenvalue weighted by Gasteiger charge is -2.37. The van der Waals surface area contributed by atoms with Crippen molar-refractivity contribution in [2.75, 3.05) is 24.5 Å². The minimum atomic E-state index is -0.605. The molecular weight excluding hydrogens is 353 g/mol. The summed E-state index contributed by atoms with van der Waals surface area (Å²) in [6, 6.07) is 1.60. The van der Waals surface area contributed by atoms with Crippen LogP contribution in [0.25, 0.3) is 11.0 Å². The largest absolute Gasteiger partial charge is 0.392 e. The van der Waals surface area contributed by atoms with Crippen LogP contribution in [0.2, 0.25) is 0 Å². The second-order valence-electron chi connectivity index (χ2n) is 7.58. The summed E-state index contributed by atoms with van der Waals surface area (Å²) in [4.78, 5) is 14.2. The van der Waals surface area contributed by atoms with E-state index in [0.717, 1.165) is 12.8 Å². The number of morpholine rings is 1. The summed E-state index contributed by atoms with van der Waals surface area (Å²) in [5.74, 6) is -0.467. The van der Waals surface area contributed by atoms with Crippen molar-refractivity contribution in [3.63, 3.8) is 0 Å². The number of carbonyl (C=O) groups is 1. The van der Waals surface area contributed by atoms with Crippen molar-refractivity contribution in [1.82, 2.24) is 10.5 Å². The van der Waals surface area contributed by atoms with Gasteiger partial charge in [-0.1, -0.05) is 5.16 Å². The molecule has 2 fully saturated rings. The summed E-state index contributed by atoms with van der Waals surface area (Å²) in [6.45, 7) is 5.09. The van der Waals surface area contributed by atoms with Gasteiger partial charge in [0.2, 0.25) is 5.58 Å². The van der Waals surface area contributed by atoms with Crippen molar-refractivity contribution in [1.29, 1.82) is 0 Å². The lowest BCUT2D eigenvalue weighted by Crippen LogP contribution is -2.46. The van der Waals surface area contributed by atoms with Crippen LogP contribution in [-0.2, 0) is 11.3 Å². The van der Waals surface area contributed by atoms with Crippen LogP contribution >= 0.6 is 0 Å². The minimum Gasteiger partial charge on any atom is -0.392 e. The van der Waals surface area contributed by atoms with Crippen LogP contribution in [0.1, 0.15) is 42.7 Å². The quantitative estimate of drug-likeness (QED) is 0.831. The van der Waals surface area contributed by atoms with Crippen LogP contribution in [0.5, 0.6) is 0 Å². The second kappa shape index (κ2) is 7.09. The molecule has 7 nitrogen and oxygen atoms in total. The highest BCUT2D eigenvalue weighted by atomic mass is 19.1. The lowest BCUT2D eigenvalue weighted by molar-refractivity contribution is -0.00550. The van der Waals surface area contributed by atoms with Crippen LogP contribution in [-0.4, -0.2) is 48.0 Å². The Kier molecular flexibility index (Phi) is 4.77. The molecule has 1 aromatic heterocycles. The third kappa shape index (κ3) is 3.51. The van der Waals surface area contributed by atoms with Crippen LogP contribution in [0.15, 0.2) is 10.6 Å². The number of hydrogen-bond acceptors (Lipinski definition) is 6. The molecule has 1 aliphatic carbocycles. The van der Waals surface area contributed by atoms with E-state index in [4.69, 9.17) is 9.26 Å². The van der Waals surface area contributed by atoms with Crippen LogP contribution in [0.4, 0.5) is 10.1 Å². The molecule has 2 aliphatic rings. The van der Waals surface area contributed by atoms with E-state index in [0.29, 0.717) is 31.1 Å². The molecule has 1 aromatic carbocycles. The van der Waals surface area contributed by atoms with E-state index >= 15 is 4.39 Å². The van der Waals surface area contributed by atoms with Gasteiger partial charge in [0.25, 0.3) is 5.91 Å². The van der Waals surface area contributed by atoms with Crippen molar-refractivity contribution < 1.29 is 23.6 Å². The molecule has 1 saturated heterocycles. The number of benzene rings is 1. The van der Waals surface area contributed by atoms with Gasteiger partial charge in [-0.3, -0.25) is 4.79 Å². The fourth-order valence-corrected chi connectivity index (χ4v) is 3.71. The van der Waals surface area contributed by atoms with E-state index in [-0.39, 0.29) is 47.1 Å². The zero-order valence-electron chi connectivity index (χ0n) is 15.5. The Labute approximate surface area is 156 Å². The number of aromatic nitrogens is 1. The zero-order chi connectivity index (χ0) is 19.1. The molecule has 0 radical (unpaired) electrons. The standard InChI is InChI=1S/C19H24FN3O4/c1-10-7-23(8-11(2)26-10)17-13(9-24)5-14-16(22-27-18(14)15(17)20)19(25)21-6-12-3-4-12/h5,10-12,24H,3-4,6-9H2,1-2H3,(H,21,25). The number of nitrogens with zero attached hydrogens (tertiary/aromatic N) is 2. The van der Waals surface area contributed by atoms with Gasteiger partial charge in [-0.05, 0) is 38.7 Å². The number of ether oxygens (including phenoxy) is 1. The first-order valence-corrected chi connectivity index (χ1v) is 9.38. The van der Waals surface area contributed by atoms with Gasteiger partial charge in [-0.15, -0.1) is 0 Å². The van der Waals surface area contributed by atoms with E-state index < -0.39 is 5.82 Å². The highest BCUT2D eigenvalue weighted by Crippen LogP contribution is 2.35. The van der Waals surface area contributed by atoms with Gasteiger partial charge in [-0.2, -0.15) is 0 Å². The summed E-state index contributed by atoms with van der Waals surface area (Å²) in [5, 5.41) is 16.7. The third-order valence-corrected chi connectivity index (χ3v) is 5.13. The number of amides is 1. The Morgan fingerprint density at radius 2 is 2.07 bits per heavy atom. The Morgan fingerprint density at radius 1 is 1.37 bits per heavy atom. The average Bonchev–Trinajstić information content (AvgIpc) is 3.35. The summed E-state index contributed by atoms with van der Waals surface area (Å²) < 4.78 is 26.2. The number of aliphatic hydroxyl groups is 1. The number of anilines is 1. The van der Waals surface area contributed by atoms with Crippen molar-refractivity contribution in [3.8, 4) is 0 Å². The molecular formula is C19H24FN3O4. The normalized spacial score (nSPS) is 23.0. The molecule has 2 heterocycles. The number of rotatable bonds is 5. The van der Waals surface area contributed by atoms with Gasteiger partial charge in [0, 0.05) is 25.2 Å². The van der Waals surface area contributed by atoms with Gasteiger partial charge in [0.15, 0.2) is 11.5 Å². The molecule has 8 heteroatoms. The minimum absolute atomic E-state index is 0.0505. The number of fused-ring (bicyclic) bond motifs is 1. The van der Waals surface area contributed by atoms with Crippen molar-refractivity contribution >= 4 is 22.6 Å². The van der Waals surface area contributed by atoms with Crippen molar-refractivity contribution in [2.24, 2.45) is 5.92 Å². The first-order valence-electron chi connectivity index (χ1n) is 9.38. The molecule has 1 saturated carbocycles. The van der Waals surface area contributed by atoms with E-state index in [1.54, 1.807) is 6.07 Å². The van der Waals surface area contributed by atoms with Gasteiger partial charge in [0.05, 0.1) is 29.9 Å². The first-order chi connectivity index (χ1) is 13.0. The van der Waals surface area contributed by atoms with E-state index in [9.17, 15) is 9.90 Å². The molecule has 2 unspecified atom stereocenters. The fourth-order valence-electron chi connectivity index (χ4n) is 3.71. The molecule has 2 aromatic rings. The summed E-state index contributed by atoms with van der Waals surface area (Å²) in [6.07, 6.45) is 2.11. The molecule has 27 heavy (non-hydrogen) atoms. The number of aliphatic hydroxyl groups excluding tert-OH is 1. The maximum absolute atomic E-state index is 15.3. The number of halogens is 1. The smallest absolute Gasteiger partial charge is 0.274 e. The third-order valence-electron chi connectivity index (χ3n) is 5.13. The molecule has 2 atom stereocenters. The van der Waals surface area contributed by atoms with Gasteiger partial charge >= 0.3 is 0 Å². The Balaban J connectivity index is 1.71. The molecule has 0 bridgehead atoms. The molecule has 1 amide bonds. The molecule has 2 N–H and O–H groups in total. The monoisotopic (exact) mass is 377 g/mol. The maximum atomic E-state index is 15.3. The van der Waals surface area contributed by atoms with E-state index in [1.165, 1.54) is 0 Å². The first kappa shape index (κ1) is 18.2. The maximum Gasteiger partial charge on any atom is 0.274 e. The molecule has 4 rings (SSSR count). The number of nitrogens with one attached hydrogen (secondary N) is 1. The Morgan fingerprint density at radius 3 is 2.70 bits per heavy atom. The van der Waals surface area contributed by atoms with Crippen LogP contribution < -0.4 is 10.2 Å². The number of hydrogen-bond donors (Lipinski definition) is 2. The SMILES string of the molecule is CC1CN(c2c(CO)cc3c(C(=O)NCC4CC4)noc3c2F)CC(C)O1. The van der Waals surface area contributed by atoms with Crippen molar-refractivity contribution in [3.05, 3.63) is 23.1 Å².